The van der Waals surface area contributed by atoms with Gasteiger partial charge in [0.1, 0.15) is 17.9 Å². The van der Waals surface area contributed by atoms with Crippen LogP contribution in [0.4, 0.5) is 5.69 Å². The summed E-state index contributed by atoms with van der Waals surface area (Å²) in [5, 5.41) is 2.95. The van der Waals surface area contributed by atoms with Gasteiger partial charge in [-0.05, 0) is 38.1 Å². The fourth-order valence-corrected chi connectivity index (χ4v) is 3.49. The van der Waals surface area contributed by atoms with E-state index in [4.69, 9.17) is 4.74 Å². The molecule has 0 radical (unpaired) electrons. The van der Waals surface area contributed by atoms with E-state index in [0.29, 0.717) is 18.7 Å². The van der Waals surface area contributed by atoms with Crippen LogP contribution >= 0.6 is 0 Å². The Hall–Kier alpha value is -3.08. The second-order valence-corrected chi connectivity index (χ2v) is 7.04. The van der Waals surface area contributed by atoms with Crippen molar-refractivity contribution >= 4 is 23.6 Å². The minimum atomic E-state index is -0.670. The first-order valence-electron chi connectivity index (χ1n) is 9.17. The Morgan fingerprint density at radius 3 is 2.59 bits per heavy atom. The maximum atomic E-state index is 13.1. The summed E-state index contributed by atoms with van der Waals surface area (Å²) >= 11 is 0. The molecule has 0 bridgehead atoms. The van der Waals surface area contributed by atoms with Crippen LogP contribution in [0.2, 0.25) is 0 Å². The maximum Gasteiger partial charge on any atom is 0.251 e. The summed E-state index contributed by atoms with van der Waals surface area (Å²) in [5.41, 5.74) is 3.56. The molecule has 5 nitrogen and oxygen atoms in total. The van der Waals surface area contributed by atoms with Gasteiger partial charge >= 0.3 is 0 Å². The number of carbonyl (C=O) groups excluding carboxylic acids is 2. The summed E-state index contributed by atoms with van der Waals surface area (Å²) in [6.45, 7) is 4.49. The molecule has 2 amide bonds. The van der Waals surface area contributed by atoms with Crippen LogP contribution in [-0.4, -0.2) is 35.4 Å². The Morgan fingerprint density at radius 1 is 1.19 bits per heavy atom. The lowest BCUT2D eigenvalue weighted by molar-refractivity contribution is -0.146. The number of likely N-dealkylation sites (tertiary alicyclic amines) is 1. The molecule has 0 aliphatic carbocycles. The average molecular weight is 362 g/mol. The van der Waals surface area contributed by atoms with Crippen LogP contribution in [0.5, 0.6) is 5.75 Å². The van der Waals surface area contributed by atoms with Crippen LogP contribution in [0.3, 0.4) is 0 Å². The number of benzene rings is 2. The second kappa shape index (κ2) is 6.91. The molecule has 5 heteroatoms. The summed E-state index contributed by atoms with van der Waals surface area (Å²) in [7, 11) is 0. The fourth-order valence-electron chi connectivity index (χ4n) is 3.49. The number of hydrogen-bond acceptors (Lipinski definition) is 3. The summed E-state index contributed by atoms with van der Waals surface area (Å²) < 4.78 is 6.01. The zero-order valence-corrected chi connectivity index (χ0v) is 15.4. The highest BCUT2D eigenvalue weighted by Crippen LogP contribution is 2.34. The van der Waals surface area contributed by atoms with Crippen molar-refractivity contribution in [3.05, 3.63) is 65.2 Å². The van der Waals surface area contributed by atoms with Gasteiger partial charge in [0.15, 0.2) is 0 Å². The highest BCUT2D eigenvalue weighted by Gasteiger charge is 2.41. The number of nitrogens with one attached hydrogen (secondary N) is 1. The van der Waals surface area contributed by atoms with Crippen molar-refractivity contribution < 1.29 is 14.3 Å². The molecule has 2 atom stereocenters. The van der Waals surface area contributed by atoms with Gasteiger partial charge in [-0.1, -0.05) is 35.9 Å². The molecular weight excluding hydrogens is 340 g/mol. The number of carbonyl (C=O) groups is 2. The molecule has 1 saturated heterocycles. The van der Waals surface area contributed by atoms with Crippen LogP contribution < -0.4 is 10.1 Å². The molecule has 2 aromatic carbocycles. The molecular formula is C22H22N2O3. The molecule has 2 aliphatic heterocycles. The van der Waals surface area contributed by atoms with Crippen molar-refractivity contribution in [2.24, 2.45) is 0 Å². The van der Waals surface area contributed by atoms with Gasteiger partial charge < -0.3 is 15.0 Å². The second-order valence-electron chi connectivity index (χ2n) is 7.04. The number of ether oxygens (including phenoxy) is 1. The zero-order valence-electron chi connectivity index (χ0n) is 15.4. The molecule has 2 aromatic rings. The van der Waals surface area contributed by atoms with E-state index in [2.05, 4.69) is 5.32 Å². The molecule has 0 unspecified atom stereocenters. The first-order valence-corrected chi connectivity index (χ1v) is 9.17. The topological polar surface area (TPSA) is 58.6 Å². The largest absolute Gasteiger partial charge is 0.486 e. The fraction of sp³-hybridized carbons (Fsp3) is 0.273. The molecule has 1 fully saturated rings. The van der Waals surface area contributed by atoms with E-state index in [1.807, 2.05) is 68.5 Å². The Bertz CT molecular complexity index is 917. The molecule has 0 saturated carbocycles. The zero-order chi connectivity index (χ0) is 19.0. The highest BCUT2D eigenvalue weighted by atomic mass is 16.5. The van der Waals surface area contributed by atoms with Crippen molar-refractivity contribution in [3.63, 3.8) is 0 Å². The van der Waals surface area contributed by atoms with Gasteiger partial charge in [0.25, 0.3) is 5.91 Å². The van der Waals surface area contributed by atoms with Crippen LogP contribution in [0.25, 0.3) is 6.08 Å². The first-order chi connectivity index (χ1) is 13.0. The third-order valence-corrected chi connectivity index (χ3v) is 5.10. The number of hydrogen-bond donors (Lipinski definition) is 1. The molecule has 138 valence electrons. The number of rotatable bonds is 4. The summed E-state index contributed by atoms with van der Waals surface area (Å²) in [6.07, 6.45) is 2.17. The van der Waals surface area contributed by atoms with Gasteiger partial charge in [-0.25, -0.2) is 0 Å². The Labute approximate surface area is 158 Å². The van der Waals surface area contributed by atoms with Gasteiger partial charge in [-0.2, -0.15) is 0 Å². The minimum Gasteiger partial charge on any atom is -0.486 e. The first kappa shape index (κ1) is 17.3. The van der Waals surface area contributed by atoms with Crippen LogP contribution in [-0.2, 0) is 9.59 Å². The number of amides is 2. The van der Waals surface area contributed by atoms with Gasteiger partial charge in [0.2, 0.25) is 5.91 Å². The molecule has 2 aliphatic rings. The Kier molecular flexibility index (Phi) is 4.44. The molecule has 0 spiro atoms. The molecule has 4 rings (SSSR count). The van der Waals surface area contributed by atoms with E-state index in [1.165, 1.54) is 0 Å². The lowest BCUT2D eigenvalue weighted by atomic mass is 9.92. The van der Waals surface area contributed by atoms with Crippen molar-refractivity contribution in [1.82, 2.24) is 4.90 Å². The Balaban J connectivity index is 1.67. The standard InChI is InChI=1S/C22H22N2O3/c1-14-7-9-17(10-8-14)23-22(26)21(24-12-11-20(24)25)18-13-16-5-3-4-6-19(16)27-15(18)2/h3-10,13,15,21H,11-12H2,1-2H3,(H,23,26)/t15-,21-/m1/s1. The third-order valence-electron chi connectivity index (χ3n) is 5.10. The SMILES string of the molecule is Cc1ccc(NC(=O)[C@@H](C2=Cc3ccccc3O[C@@H]2C)N2CCC2=O)cc1. The van der Waals surface area contributed by atoms with Crippen molar-refractivity contribution in [2.75, 3.05) is 11.9 Å². The molecule has 0 aromatic heterocycles. The number of anilines is 1. The number of aryl methyl sites for hydroxylation is 1. The van der Waals surface area contributed by atoms with Gasteiger partial charge in [0.05, 0.1) is 0 Å². The normalized spacial score (nSPS) is 19.3. The summed E-state index contributed by atoms with van der Waals surface area (Å²) in [4.78, 5) is 26.9. The van der Waals surface area contributed by atoms with Crippen molar-refractivity contribution in [2.45, 2.75) is 32.4 Å². The van der Waals surface area contributed by atoms with E-state index < -0.39 is 6.04 Å². The van der Waals surface area contributed by atoms with E-state index in [9.17, 15) is 9.59 Å². The van der Waals surface area contributed by atoms with Crippen molar-refractivity contribution in [3.8, 4) is 5.75 Å². The van der Waals surface area contributed by atoms with E-state index in [1.54, 1.807) is 4.90 Å². The van der Waals surface area contributed by atoms with Gasteiger partial charge in [-0.15, -0.1) is 0 Å². The quantitative estimate of drug-likeness (QED) is 0.848. The van der Waals surface area contributed by atoms with E-state index in [-0.39, 0.29) is 17.9 Å². The summed E-state index contributed by atoms with van der Waals surface area (Å²) in [6, 6.07) is 14.7. The predicted octanol–water partition coefficient (Wildman–Crippen LogP) is 3.40. The number of para-hydroxylation sites is 1. The number of β-lactam (4-membered cyclic amide) rings is 1. The van der Waals surface area contributed by atoms with Crippen LogP contribution in [0.1, 0.15) is 24.5 Å². The smallest absolute Gasteiger partial charge is 0.251 e. The molecule has 2 heterocycles. The minimum absolute atomic E-state index is 0.00832. The third kappa shape index (κ3) is 3.33. The lowest BCUT2D eigenvalue weighted by Crippen LogP contribution is -2.57. The van der Waals surface area contributed by atoms with E-state index in [0.717, 1.165) is 22.4 Å². The monoisotopic (exact) mass is 362 g/mol. The van der Waals surface area contributed by atoms with Crippen LogP contribution in [0, 0.1) is 6.92 Å². The predicted molar refractivity (Wildman–Crippen MR) is 104 cm³/mol. The van der Waals surface area contributed by atoms with E-state index >= 15 is 0 Å². The molecule has 1 N–H and O–H groups in total. The van der Waals surface area contributed by atoms with Gasteiger partial charge in [-0.3, -0.25) is 9.59 Å². The van der Waals surface area contributed by atoms with Crippen molar-refractivity contribution in [1.29, 1.82) is 0 Å². The Morgan fingerprint density at radius 2 is 1.93 bits per heavy atom. The van der Waals surface area contributed by atoms with Gasteiger partial charge in [0, 0.05) is 29.8 Å². The summed E-state index contributed by atoms with van der Waals surface area (Å²) in [5.74, 6) is 0.570. The van der Waals surface area contributed by atoms with Crippen LogP contribution in [0.15, 0.2) is 54.1 Å². The average Bonchev–Trinajstić information content (AvgIpc) is 2.66. The lowest BCUT2D eigenvalue weighted by Gasteiger charge is -2.40. The number of fused-ring (bicyclic) bond motifs is 1. The molecule has 27 heavy (non-hydrogen) atoms. The highest BCUT2D eigenvalue weighted by molar-refractivity contribution is 6.01. The maximum absolute atomic E-state index is 13.1. The number of nitrogens with zero attached hydrogens (tertiary/aromatic N) is 1.